The van der Waals surface area contributed by atoms with Crippen molar-refractivity contribution in [3.05, 3.63) is 94.0 Å². The summed E-state index contributed by atoms with van der Waals surface area (Å²) in [6, 6.07) is 21.9. The standard InChI is InChI=1S/C29H29ClNO4.BrH/c1-4-35-28(32)19-31-15-14-22-17-26(33-2)27(34-3)18-25(22)29(31)24(21-8-6-5-7-9-21)16-20-10-12-23(30)13-11-20;/h5-13,16-18H,4,14-15,19H2,1-3H3;1H/q+1;/p-1/b24-16-;. The van der Waals surface area contributed by atoms with Gasteiger partial charge in [0, 0.05) is 11.4 Å². The van der Waals surface area contributed by atoms with E-state index in [4.69, 9.17) is 25.8 Å². The Balaban J connectivity index is 0.00000361. The fourth-order valence-corrected chi connectivity index (χ4v) is 4.48. The fraction of sp³-hybridized carbons (Fsp3) is 0.241. The van der Waals surface area contributed by atoms with E-state index in [1.54, 1.807) is 14.2 Å². The molecule has 0 amide bonds. The fourth-order valence-electron chi connectivity index (χ4n) is 4.35. The largest absolute Gasteiger partial charge is 1.00 e. The molecule has 188 valence electrons. The maximum atomic E-state index is 12.6. The Bertz CT molecular complexity index is 1270. The highest BCUT2D eigenvalue weighted by molar-refractivity contribution is 6.34. The van der Waals surface area contributed by atoms with Gasteiger partial charge in [0.2, 0.25) is 12.3 Å². The highest BCUT2D eigenvalue weighted by atomic mass is 79.9. The number of ether oxygens (including phenoxy) is 3. The van der Waals surface area contributed by atoms with Crippen molar-refractivity contribution in [2.45, 2.75) is 13.3 Å². The van der Waals surface area contributed by atoms with Gasteiger partial charge in [-0.15, -0.1) is 0 Å². The van der Waals surface area contributed by atoms with Crippen LogP contribution in [-0.4, -0.2) is 50.2 Å². The number of hydrogen-bond acceptors (Lipinski definition) is 4. The maximum absolute atomic E-state index is 12.6. The average molecular weight is 571 g/mol. The molecule has 3 aromatic carbocycles. The van der Waals surface area contributed by atoms with Crippen molar-refractivity contribution in [1.82, 2.24) is 0 Å². The molecular weight excluding hydrogens is 542 g/mol. The van der Waals surface area contributed by atoms with E-state index in [0.29, 0.717) is 29.7 Å². The highest BCUT2D eigenvalue weighted by Gasteiger charge is 2.32. The van der Waals surface area contributed by atoms with Crippen LogP contribution in [0.4, 0.5) is 0 Å². The zero-order valence-electron chi connectivity index (χ0n) is 20.6. The topological polar surface area (TPSA) is 47.8 Å². The van der Waals surface area contributed by atoms with Gasteiger partial charge >= 0.3 is 5.97 Å². The van der Waals surface area contributed by atoms with Crippen LogP contribution in [-0.2, 0) is 16.0 Å². The van der Waals surface area contributed by atoms with Gasteiger partial charge in [0.15, 0.2) is 11.5 Å². The molecule has 0 radical (unpaired) electrons. The van der Waals surface area contributed by atoms with Crippen molar-refractivity contribution in [3.63, 3.8) is 0 Å². The van der Waals surface area contributed by atoms with Crippen LogP contribution in [0.1, 0.15) is 29.2 Å². The van der Waals surface area contributed by atoms with E-state index in [1.807, 2.05) is 61.5 Å². The van der Waals surface area contributed by atoms with Gasteiger partial charge in [-0.2, -0.15) is 0 Å². The van der Waals surface area contributed by atoms with Gasteiger partial charge in [-0.1, -0.05) is 54.1 Å². The maximum Gasteiger partial charge on any atom is 0.372 e. The van der Waals surface area contributed by atoms with Crippen LogP contribution in [0.5, 0.6) is 11.5 Å². The smallest absolute Gasteiger partial charge is 0.372 e. The molecule has 0 saturated carbocycles. The normalized spacial score (nSPS) is 12.9. The Morgan fingerprint density at radius 3 is 2.31 bits per heavy atom. The number of esters is 1. The quantitative estimate of drug-likeness (QED) is 0.237. The third kappa shape index (κ3) is 6.18. The number of hydrogen-bond donors (Lipinski definition) is 0. The number of benzene rings is 3. The number of fused-ring (bicyclic) bond motifs is 1. The second-order valence-electron chi connectivity index (χ2n) is 8.17. The molecule has 0 aliphatic carbocycles. The number of carbonyl (C=O) groups is 1. The first-order valence-corrected chi connectivity index (χ1v) is 12.0. The minimum atomic E-state index is -0.257. The lowest BCUT2D eigenvalue weighted by molar-refractivity contribution is -0.518. The number of methoxy groups -OCH3 is 2. The van der Waals surface area contributed by atoms with Crippen LogP contribution in [0.3, 0.4) is 0 Å². The van der Waals surface area contributed by atoms with Gasteiger partial charge in [-0.3, -0.25) is 0 Å². The summed E-state index contributed by atoms with van der Waals surface area (Å²) in [5, 5.41) is 0.680. The summed E-state index contributed by atoms with van der Waals surface area (Å²) in [4.78, 5) is 12.6. The van der Waals surface area contributed by atoms with Gasteiger partial charge in [0.25, 0.3) is 0 Å². The first kappa shape index (κ1) is 27.5. The van der Waals surface area contributed by atoms with Crippen molar-refractivity contribution in [1.29, 1.82) is 0 Å². The Hall–Kier alpha value is -3.09. The zero-order chi connectivity index (χ0) is 24.8. The number of allylic oxidation sites excluding steroid dienone is 1. The van der Waals surface area contributed by atoms with E-state index in [0.717, 1.165) is 40.0 Å². The summed E-state index contributed by atoms with van der Waals surface area (Å²) >= 11 is 6.14. The lowest BCUT2D eigenvalue weighted by atomic mass is 9.87. The van der Waals surface area contributed by atoms with Crippen LogP contribution in [0.2, 0.25) is 5.02 Å². The molecule has 4 rings (SSSR count). The van der Waals surface area contributed by atoms with Crippen molar-refractivity contribution in [3.8, 4) is 11.5 Å². The molecule has 36 heavy (non-hydrogen) atoms. The lowest BCUT2D eigenvalue weighted by Crippen LogP contribution is -3.00. The van der Waals surface area contributed by atoms with Crippen molar-refractivity contribution < 1.29 is 40.6 Å². The second kappa shape index (κ2) is 12.7. The summed E-state index contributed by atoms with van der Waals surface area (Å²) < 4.78 is 18.6. The number of carbonyl (C=O) groups excluding carboxylic acids is 1. The third-order valence-corrected chi connectivity index (χ3v) is 6.23. The van der Waals surface area contributed by atoms with Crippen molar-refractivity contribution in [2.75, 3.05) is 33.9 Å². The molecule has 1 heterocycles. The minimum Gasteiger partial charge on any atom is -1.00 e. The number of nitrogens with zero attached hydrogens (tertiary/aromatic N) is 1. The summed E-state index contributed by atoms with van der Waals surface area (Å²) in [6.45, 7) is 2.99. The summed E-state index contributed by atoms with van der Waals surface area (Å²) in [6.07, 6.45) is 2.90. The minimum absolute atomic E-state index is 0. The van der Waals surface area contributed by atoms with E-state index in [-0.39, 0.29) is 29.5 Å². The molecule has 7 heteroatoms. The summed E-state index contributed by atoms with van der Waals surface area (Å²) in [5.74, 6) is 1.07. The van der Waals surface area contributed by atoms with E-state index in [2.05, 4.69) is 22.8 Å². The molecule has 5 nitrogen and oxygen atoms in total. The first-order valence-electron chi connectivity index (χ1n) is 11.6. The van der Waals surface area contributed by atoms with Gasteiger partial charge in [-0.05, 0) is 54.0 Å². The predicted molar refractivity (Wildman–Crippen MR) is 140 cm³/mol. The molecule has 0 unspecified atom stereocenters. The van der Waals surface area contributed by atoms with Crippen molar-refractivity contribution >= 4 is 34.9 Å². The average Bonchev–Trinajstić information content (AvgIpc) is 2.88. The molecule has 0 spiro atoms. The summed E-state index contributed by atoms with van der Waals surface area (Å²) in [7, 11) is 3.27. The van der Waals surface area contributed by atoms with Crippen LogP contribution in [0, 0.1) is 0 Å². The Kier molecular flexibility index (Phi) is 9.73. The van der Waals surface area contributed by atoms with Crippen LogP contribution < -0.4 is 26.5 Å². The van der Waals surface area contributed by atoms with E-state index < -0.39 is 0 Å². The lowest BCUT2D eigenvalue weighted by Gasteiger charge is -2.22. The van der Waals surface area contributed by atoms with Gasteiger partial charge in [-0.25, -0.2) is 9.37 Å². The van der Waals surface area contributed by atoms with E-state index >= 15 is 0 Å². The molecule has 0 atom stereocenters. The highest BCUT2D eigenvalue weighted by Crippen LogP contribution is 2.36. The number of halogens is 2. The van der Waals surface area contributed by atoms with Crippen molar-refractivity contribution in [2.24, 2.45) is 0 Å². The first-order chi connectivity index (χ1) is 17.0. The van der Waals surface area contributed by atoms with Crippen LogP contribution >= 0.6 is 11.6 Å². The van der Waals surface area contributed by atoms with Gasteiger partial charge in [0.05, 0.1) is 32.0 Å². The van der Waals surface area contributed by atoms with Gasteiger partial charge in [0.1, 0.15) is 6.54 Å². The molecule has 0 fully saturated rings. The van der Waals surface area contributed by atoms with Crippen LogP contribution in [0.15, 0.2) is 66.7 Å². The zero-order valence-corrected chi connectivity index (χ0v) is 22.9. The molecule has 1 aliphatic rings. The Labute approximate surface area is 227 Å². The van der Waals surface area contributed by atoms with E-state index in [9.17, 15) is 4.79 Å². The SMILES string of the molecule is CCOC(=O)C[N+]1=C(/C(=C\c2ccc(Cl)cc2)c2ccccc2)c2cc(OC)c(OC)cc2CC1.[Br-]. The molecule has 0 bridgehead atoms. The second-order valence-corrected chi connectivity index (χ2v) is 8.60. The molecule has 0 aromatic heterocycles. The molecular formula is C29H29BrClNO4. The van der Waals surface area contributed by atoms with E-state index in [1.165, 1.54) is 0 Å². The monoisotopic (exact) mass is 569 g/mol. The molecule has 3 aromatic rings. The summed E-state index contributed by atoms with van der Waals surface area (Å²) in [5.41, 5.74) is 6.11. The molecule has 0 saturated heterocycles. The predicted octanol–water partition coefficient (Wildman–Crippen LogP) is 2.52. The Morgan fingerprint density at radius 1 is 1.00 bits per heavy atom. The molecule has 1 aliphatic heterocycles. The third-order valence-electron chi connectivity index (χ3n) is 5.98. The molecule has 0 N–H and O–H groups in total. The van der Waals surface area contributed by atoms with Gasteiger partial charge < -0.3 is 31.2 Å². The Morgan fingerprint density at radius 2 is 1.67 bits per heavy atom. The number of rotatable bonds is 8. The van der Waals surface area contributed by atoms with Crippen LogP contribution in [0.25, 0.3) is 11.6 Å².